The van der Waals surface area contributed by atoms with Crippen molar-refractivity contribution in [2.75, 3.05) is 38.7 Å². The standard InChI is InChI=1S/C21H29N3O5/c1-14(2)29-13-5-10-24-20(27)18(19(21(24)28)23(4)11-12-25)16-6-8-17(9-7-16)22-15(3)26/h6-9,14,25H,5,10-13H2,1-4H3,(H,22,26). The van der Waals surface area contributed by atoms with Crippen LogP contribution in [0.4, 0.5) is 5.69 Å². The Hall–Kier alpha value is -2.71. The first kappa shape index (κ1) is 22.6. The number of likely N-dealkylation sites (N-methyl/N-ethyl adjacent to an activating group) is 1. The van der Waals surface area contributed by atoms with Crippen LogP contribution in [-0.2, 0) is 19.1 Å². The molecular weight excluding hydrogens is 374 g/mol. The predicted octanol–water partition coefficient (Wildman–Crippen LogP) is 1.46. The van der Waals surface area contributed by atoms with Gasteiger partial charge in [-0.1, -0.05) is 12.1 Å². The van der Waals surface area contributed by atoms with Gasteiger partial charge in [0.05, 0.1) is 18.3 Å². The van der Waals surface area contributed by atoms with E-state index in [0.717, 1.165) is 0 Å². The quantitative estimate of drug-likeness (QED) is 0.453. The second kappa shape index (κ2) is 10.2. The molecule has 158 valence electrons. The molecule has 0 saturated heterocycles. The fraction of sp³-hybridized carbons (Fsp3) is 0.476. The molecule has 0 atom stereocenters. The number of amides is 3. The lowest BCUT2D eigenvalue weighted by atomic mass is 10.0. The molecule has 0 unspecified atom stereocenters. The number of carbonyl (C=O) groups is 3. The van der Waals surface area contributed by atoms with Crippen molar-refractivity contribution in [1.82, 2.24) is 9.80 Å². The third-order valence-corrected chi connectivity index (χ3v) is 4.43. The van der Waals surface area contributed by atoms with Crippen molar-refractivity contribution in [3.05, 3.63) is 35.5 Å². The van der Waals surface area contributed by atoms with Crippen LogP contribution in [0.25, 0.3) is 5.57 Å². The fourth-order valence-corrected chi connectivity index (χ4v) is 3.11. The molecule has 0 saturated carbocycles. The number of benzene rings is 1. The number of hydrogen-bond donors (Lipinski definition) is 2. The summed E-state index contributed by atoms with van der Waals surface area (Å²) >= 11 is 0. The number of imide groups is 1. The number of nitrogens with zero attached hydrogens (tertiary/aromatic N) is 2. The van der Waals surface area contributed by atoms with E-state index >= 15 is 0 Å². The van der Waals surface area contributed by atoms with Gasteiger partial charge in [0, 0.05) is 39.4 Å². The molecule has 0 fully saturated rings. The maximum absolute atomic E-state index is 13.1. The number of rotatable bonds is 10. The number of anilines is 1. The van der Waals surface area contributed by atoms with E-state index in [0.29, 0.717) is 29.9 Å². The van der Waals surface area contributed by atoms with Crippen molar-refractivity contribution in [2.45, 2.75) is 33.3 Å². The van der Waals surface area contributed by atoms with Crippen LogP contribution >= 0.6 is 0 Å². The molecule has 8 nitrogen and oxygen atoms in total. The second-order valence-corrected chi connectivity index (χ2v) is 7.16. The molecule has 29 heavy (non-hydrogen) atoms. The normalized spacial score (nSPS) is 14.2. The van der Waals surface area contributed by atoms with Crippen LogP contribution < -0.4 is 5.32 Å². The minimum atomic E-state index is -0.378. The van der Waals surface area contributed by atoms with Crippen molar-refractivity contribution < 1.29 is 24.2 Å². The third kappa shape index (κ3) is 5.65. The van der Waals surface area contributed by atoms with Gasteiger partial charge in [0.2, 0.25) is 5.91 Å². The lowest BCUT2D eigenvalue weighted by Crippen LogP contribution is -2.36. The summed E-state index contributed by atoms with van der Waals surface area (Å²) in [5.74, 6) is -0.940. The zero-order valence-corrected chi connectivity index (χ0v) is 17.4. The smallest absolute Gasteiger partial charge is 0.277 e. The molecule has 8 heteroatoms. The Labute approximate surface area is 171 Å². The van der Waals surface area contributed by atoms with Gasteiger partial charge in [-0.15, -0.1) is 0 Å². The van der Waals surface area contributed by atoms with Gasteiger partial charge in [-0.05, 0) is 38.0 Å². The highest BCUT2D eigenvalue weighted by Gasteiger charge is 2.40. The van der Waals surface area contributed by atoms with Crippen LogP contribution in [0.15, 0.2) is 30.0 Å². The summed E-state index contributed by atoms with van der Waals surface area (Å²) < 4.78 is 5.50. The molecule has 1 aromatic rings. The van der Waals surface area contributed by atoms with Crippen LogP contribution in [0.5, 0.6) is 0 Å². The van der Waals surface area contributed by atoms with Gasteiger partial charge >= 0.3 is 0 Å². The lowest BCUT2D eigenvalue weighted by Gasteiger charge is -2.20. The molecule has 1 heterocycles. The Morgan fingerprint density at radius 1 is 1.21 bits per heavy atom. The Morgan fingerprint density at radius 2 is 1.86 bits per heavy atom. The number of carbonyl (C=O) groups excluding carboxylic acids is 3. The summed E-state index contributed by atoms with van der Waals surface area (Å²) in [5, 5.41) is 12.0. The number of hydrogen-bond acceptors (Lipinski definition) is 6. The van der Waals surface area contributed by atoms with Crippen molar-refractivity contribution >= 4 is 29.0 Å². The zero-order chi connectivity index (χ0) is 21.6. The Kier molecular flexibility index (Phi) is 7.92. The van der Waals surface area contributed by atoms with Crippen molar-refractivity contribution in [3.8, 4) is 0 Å². The maximum atomic E-state index is 13.1. The van der Waals surface area contributed by atoms with E-state index in [2.05, 4.69) is 5.32 Å². The van der Waals surface area contributed by atoms with Gasteiger partial charge in [0.25, 0.3) is 11.8 Å². The van der Waals surface area contributed by atoms with E-state index in [1.165, 1.54) is 11.8 Å². The minimum absolute atomic E-state index is 0.0852. The monoisotopic (exact) mass is 403 g/mol. The molecule has 1 aromatic carbocycles. The first-order valence-electron chi connectivity index (χ1n) is 9.68. The summed E-state index contributed by atoms with van der Waals surface area (Å²) in [7, 11) is 1.67. The minimum Gasteiger partial charge on any atom is -0.395 e. The van der Waals surface area contributed by atoms with Crippen LogP contribution in [-0.4, -0.2) is 72.1 Å². The molecule has 1 aliphatic heterocycles. The first-order valence-corrected chi connectivity index (χ1v) is 9.68. The average Bonchev–Trinajstić information content (AvgIpc) is 2.89. The Morgan fingerprint density at radius 3 is 2.41 bits per heavy atom. The summed E-state index contributed by atoms with van der Waals surface area (Å²) in [6.45, 7) is 6.07. The Balaban J connectivity index is 2.29. The molecule has 2 rings (SSSR count). The summed E-state index contributed by atoms with van der Waals surface area (Å²) in [6, 6.07) is 6.77. The SMILES string of the molecule is CC(=O)Nc1ccc(C2=C(N(C)CCO)C(=O)N(CCCOC(C)C)C2=O)cc1. The van der Waals surface area contributed by atoms with E-state index in [1.807, 2.05) is 13.8 Å². The second-order valence-electron chi connectivity index (χ2n) is 7.16. The maximum Gasteiger partial charge on any atom is 0.277 e. The molecule has 0 bridgehead atoms. The molecule has 0 spiro atoms. The van der Waals surface area contributed by atoms with Gasteiger partial charge in [0.15, 0.2) is 0 Å². The van der Waals surface area contributed by atoms with Crippen LogP contribution in [0.3, 0.4) is 0 Å². The van der Waals surface area contributed by atoms with Crippen molar-refractivity contribution in [2.24, 2.45) is 0 Å². The van der Waals surface area contributed by atoms with E-state index in [9.17, 15) is 19.5 Å². The largest absolute Gasteiger partial charge is 0.395 e. The number of aliphatic hydroxyl groups is 1. The lowest BCUT2D eigenvalue weighted by molar-refractivity contribution is -0.137. The van der Waals surface area contributed by atoms with Crippen molar-refractivity contribution in [1.29, 1.82) is 0 Å². The summed E-state index contributed by atoms with van der Waals surface area (Å²) in [5.41, 5.74) is 1.75. The van der Waals surface area contributed by atoms with E-state index in [1.54, 1.807) is 36.2 Å². The van der Waals surface area contributed by atoms with E-state index in [-0.39, 0.29) is 49.2 Å². The Bertz CT molecular complexity index is 786. The van der Waals surface area contributed by atoms with Crippen LogP contribution in [0, 0.1) is 0 Å². The highest BCUT2D eigenvalue weighted by atomic mass is 16.5. The number of nitrogens with one attached hydrogen (secondary N) is 1. The molecular formula is C21H29N3O5. The number of aliphatic hydroxyl groups excluding tert-OH is 1. The van der Waals surface area contributed by atoms with E-state index in [4.69, 9.17) is 4.74 Å². The molecule has 0 aromatic heterocycles. The van der Waals surface area contributed by atoms with Gasteiger partial charge in [-0.25, -0.2) is 0 Å². The molecule has 1 aliphatic rings. The molecule has 2 N–H and O–H groups in total. The van der Waals surface area contributed by atoms with Crippen LogP contribution in [0.1, 0.15) is 32.8 Å². The molecule has 3 amide bonds. The highest BCUT2D eigenvalue weighted by molar-refractivity contribution is 6.35. The van der Waals surface area contributed by atoms with Gasteiger partial charge in [-0.2, -0.15) is 0 Å². The summed E-state index contributed by atoms with van der Waals surface area (Å²) in [6.07, 6.45) is 0.628. The third-order valence-electron chi connectivity index (χ3n) is 4.43. The van der Waals surface area contributed by atoms with Gasteiger partial charge in [0.1, 0.15) is 5.70 Å². The fourth-order valence-electron chi connectivity index (χ4n) is 3.11. The zero-order valence-electron chi connectivity index (χ0n) is 17.4. The van der Waals surface area contributed by atoms with Crippen molar-refractivity contribution in [3.63, 3.8) is 0 Å². The predicted molar refractivity (Wildman–Crippen MR) is 110 cm³/mol. The van der Waals surface area contributed by atoms with Crippen LogP contribution in [0.2, 0.25) is 0 Å². The van der Waals surface area contributed by atoms with Gasteiger partial charge in [-0.3, -0.25) is 19.3 Å². The first-order chi connectivity index (χ1) is 13.8. The van der Waals surface area contributed by atoms with E-state index < -0.39 is 0 Å². The highest BCUT2D eigenvalue weighted by Crippen LogP contribution is 2.31. The average molecular weight is 403 g/mol. The summed E-state index contributed by atoms with van der Waals surface area (Å²) in [4.78, 5) is 40.1. The molecule has 0 aliphatic carbocycles. The number of ether oxygens (including phenoxy) is 1. The topological polar surface area (TPSA) is 99.2 Å². The molecule has 0 radical (unpaired) electrons. The van der Waals surface area contributed by atoms with Gasteiger partial charge < -0.3 is 20.1 Å².